The minimum absolute atomic E-state index is 0.115. The van der Waals surface area contributed by atoms with Crippen LogP contribution in [0, 0.1) is 3.57 Å². The summed E-state index contributed by atoms with van der Waals surface area (Å²) in [6, 6.07) is 21.9. The van der Waals surface area contributed by atoms with Gasteiger partial charge in [0.2, 0.25) is 24.3 Å². The molecule has 0 aliphatic carbocycles. The minimum atomic E-state index is -4.33. The van der Waals surface area contributed by atoms with Crippen LogP contribution in [0.1, 0.15) is 0 Å². The van der Waals surface area contributed by atoms with E-state index in [2.05, 4.69) is 27.9 Å². The molecule has 1 N–H and O–H groups in total. The van der Waals surface area contributed by atoms with Crippen molar-refractivity contribution in [1.29, 1.82) is 0 Å². The molecule has 0 bridgehead atoms. The Morgan fingerprint density at radius 1 is 0.724 bits per heavy atom. The Bertz CT molecular complexity index is 1140. The van der Waals surface area contributed by atoms with E-state index in [-0.39, 0.29) is 14.8 Å². The van der Waals surface area contributed by atoms with Crippen molar-refractivity contribution in [2.75, 3.05) is 5.32 Å². The predicted octanol–water partition coefficient (Wildman–Crippen LogP) is 4.30. The molecule has 0 aliphatic rings. The van der Waals surface area contributed by atoms with Crippen molar-refractivity contribution in [3.05, 3.63) is 88.5 Å². The standard InChI is InChI=1S/C20H16INO4S3/c21-15-11-13-16(14-12-15)22-19(27)20(28(23,24)17-7-3-1-4-8-17)29(25,26)18-9-5-2-6-10-18/h1-14,20H,(H,22,27). The summed E-state index contributed by atoms with van der Waals surface area (Å²) in [7, 11) is -8.66. The van der Waals surface area contributed by atoms with Gasteiger partial charge in [-0.25, -0.2) is 16.8 Å². The van der Waals surface area contributed by atoms with Gasteiger partial charge in [0.1, 0.15) is 4.99 Å². The number of thiocarbonyl (C=S) groups is 1. The average Bonchev–Trinajstić information content (AvgIpc) is 2.71. The Morgan fingerprint density at radius 3 is 1.55 bits per heavy atom. The highest BCUT2D eigenvalue weighted by molar-refractivity contribution is 14.1. The molecule has 0 atom stereocenters. The largest absolute Gasteiger partial charge is 0.348 e. The molecule has 5 nitrogen and oxygen atoms in total. The molecule has 0 heterocycles. The summed E-state index contributed by atoms with van der Waals surface area (Å²) < 4.78 is 52.3. The summed E-state index contributed by atoms with van der Waals surface area (Å²) in [6.07, 6.45) is 0. The van der Waals surface area contributed by atoms with Crippen LogP contribution in [0.3, 0.4) is 0 Å². The number of hydrogen-bond donors (Lipinski definition) is 1. The average molecular weight is 557 g/mol. The van der Waals surface area contributed by atoms with Crippen LogP contribution in [0.5, 0.6) is 0 Å². The highest BCUT2D eigenvalue weighted by Crippen LogP contribution is 2.27. The number of halogens is 1. The van der Waals surface area contributed by atoms with Gasteiger partial charge in [0.15, 0.2) is 0 Å². The van der Waals surface area contributed by atoms with Crippen molar-refractivity contribution in [3.63, 3.8) is 0 Å². The van der Waals surface area contributed by atoms with E-state index in [1.807, 2.05) is 0 Å². The van der Waals surface area contributed by atoms with Crippen LogP contribution in [-0.2, 0) is 19.7 Å². The second-order valence-corrected chi connectivity index (χ2v) is 12.1. The fraction of sp³-hybridized carbons (Fsp3) is 0.0500. The second-order valence-electron chi connectivity index (χ2n) is 6.04. The first-order valence-electron chi connectivity index (χ1n) is 8.37. The molecule has 0 aromatic heterocycles. The zero-order valence-corrected chi connectivity index (χ0v) is 19.5. The molecule has 0 spiro atoms. The normalized spacial score (nSPS) is 11.9. The molecule has 0 amide bonds. The fourth-order valence-electron chi connectivity index (χ4n) is 2.65. The van der Waals surface area contributed by atoms with Gasteiger partial charge in [0, 0.05) is 9.26 Å². The summed E-state index contributed by atoms with van der Waals surface area (Å²) in [5, 5.41) is 2.79. The summed E-state index contributed by atoms with van der Waals surface area (Å²) in [5.41, 5.74) is 0.506. The van der Waals surface area contributed by atoms with E-state index in [1.165, 1.54) is 48.5 Å². The van der Waals surface area contributed by atoms with E-state index in [9.17, 15) is 16.8 Å². The van der Waals surface area contributed by atoms with Crippen LogP contribution in [-0.4, -0.2) is 26.4 Å². The van der Waals surface area contributed by atoms with Gasteiger partial charge in [-0.2, -0.15) is 0 Å². The van der Waals surface area contributed by atoms with Gasteiger partial charge in [-0.15, -0.1) is 0 Å². The fourth-order valence-corrected chi connectivity index (χ4v) is 8.14. The van der Waals surface area contributed by atoms with Crippen LogP contribution in [0.2, 0.25) is 0 Å². The summed E-state index contributed by atoms with van der Waals surface area (Å²) in [5.74, 6) is 0. The lowest BCUT2D eigenvalue weighted by molar-refractivity contribution is 0.584. The van der Waals surface area contributed by atoms with Gasteiger partial charge in [-0.05, 0) is 71.1 Å². The first kappa shape index (κ1) is 21.9. The van der Waals surface area contributed by atoms with Crippen LogP contribution in [0.15, 0.2) is 94.7 Å². The van der Waals surface area contributed by atoms with Gasteiger partial charge in [0.05, 0.1) is 9.79 Å². The third-order valence-electron chi connectivity index (χ3n) is 4.03. The molecule has 0 saturated heterocycles. The van der Waals surface area contributed by atoms with Gasteiger partial charge >= 0.3 is 0 Å². The molecule has 0 saturated carbocycles. The molecule has 29 heavy (non-hydrogen) atoms. The van der Waals surface area contributed by atoms with Crippen LogP contribution in [0.4, 0.5) is 5.69 Å². The van der Waals surface area contributed by atoms with Crippen LogP contribution >= 0.6 is 34.8 Å². The zero-order valence-electron chi connectivity index (χ0n) is 14.9. The number of sulfone groups is 2. The number of hydrogen-bond acceptors (Lipinski definition) is 5. The maximum atomic E-state index is 13.3. The second kappa shape index (κ2) is 8.90. The van der Waals surface area contributed by atoms with E-state index in [1.54, 1.807) is 36.4 Å². The van der Waals surface area contributed by atoms with Crippen LogP contribution < -0.4 is 5.32 Å². The first-order valence-corrected chi connectivity index (χ1v) is 13.0. The monoisotopic (exact) mass is 557 g/mol. The number of anilines is 1. The van der Waals surface area contributed by atoms with Crippen molar-refractivity contribution in [2.24, 2.45) is 0 Å². The molecule has 150 valence electrons. The molecular formula is C20H16INO4S3. The molecule has 0 fully saturated rings. The Kier molecular flexibility index (Phi) is 6.72. The SMILES string of the molecule is O=S(=O)(c1ccccc1)C(C(=S)Nc1ccc(I)cc1)S(=O)(=O)c1ccccc1. The maximum Gasteiger partial charge on any atom is 0.221 e. The molecular weight excluding hydrogens is 541 g/mol. The Labute approximate surface area is 189 Å². The Morgan fingerprint density at radius 2 is 1.14 bits per heavy atom. The smallest absolute Gasteiger partial charge is 0.221 e. The van der Waals surface area contributed by atoms with Gasteiger partial charge in [-0.1, -0.05) is 48.6 Å². The van der Waals surface area contributed by atoms with Crippen molar-refractivity contribution < 1.29 is 16.8 Å². The van der Waals surface area contributed by atoms with Crippen molar-refractivity contribution in [2.45, 2.75) is 14.4 Å². The Hall–Kier alpha value is -1.82. The number of benzene rings is 3. The van der Waals surface area contributed by atoms with E-state index in [0.717, 1.165) is 3.57 Å². The van der Waals surface area contributed by atoms with Crippen molar-refractivity contribution in [1.82, 2.24) is 0 Å². The highest BCUT2D eigenvalue weighted by atomic mass is 127. The van der Waals surface area contributed by atoms with E-state index in [0.29, 0.717) is 5.69 Å². The van der Waals surface area contributed by atoms with E-state index >= 15 is 0 Å². The summed E-state index contributed by atoms with van der Waals surface area (Å²) >= 11 is 7.45. The number of rotatable bonds is 6. The molecule has 3 rings (SSSR count). The van der Waals surface area contributed by atoms with Gasteiger partial charge in [0.25, 0.3) is 0 Å². The van der Waals surface area contributed by atoms with Crippen molar-refractivity contribution in [3.8, 4) is 0 Å². The van der Waals surface area contributed by atoms with Crippen LogP contribution in [0.25, 0.3) is 0 Å². The molecule has 3 aromatic carbocycles. The van der Waals surface area contributed by atoms with E-state index < -0.39 is 24.3 Å². The van der Waals surface area contributed by atoms with Crippen molar-refractivity contribution >= 4 is 65.2 Å². The summed E-state index contributed by atoms with van der Waals surface area (Å²) in [6.45, 7) is 0. The quantitative estimate of drug-likeness (QED) is 0.360. The first-order chi connectivity index (χ1) is 13.7. The summed E-state index contributed by atoms with van der Waals surface area (Å²) in [4.78, 5) is -0.536. The maximum absolute atomic E-state index is 13.3. The minimum Gasteiger partial charge on any atom is -0.348 e. The molecule has 3 aromatic rings. The molecule has 9 heteroatoms. The molecule has 0 aliphatic heterocycles. The predicted molar refractivity (Wildman–Crippen MR) is 126 cm³/mol. The molecule has 0 unspecified atom stereocenters. The highest BCUT2D eigenvalue weighted by Gasteiger charge is 2.43. The lowest BCUT2D eigenvalue weighted by atomic mass is 10.3. The topological polar surface area (TPSA) is 80.3 Å². The zero-order chi connectivity index (χ0) is 21.1. The lowest BCUT2D eigenvalue weighted by Crippen LogP contribution is -2.40. The third kappa shape index (κ3) is 4.85. The lowest BCUT2D eigenvalue weighted by Gasteiger charge is -2.20. The van der Waals surface area contributed by atoms with Gasteiger partial charge in [-0.3, -0.25) is 0 Å². The third-order valence-corrected chi connectivity index (χ3v) is 10.4. The Balaban J connectivity index is 2.11. The molecule has 0 radical (unpaired) electrons. The van der Waals surface area contributed by atoms with Gasteiger partial charge < -0.3 is 5.32 Å². The number of nitrogens with one attached hydrogen (secondary N) is 1. The van der Waals surface area contributed by atoms with E-state index in [4.69, 9.17) is 12.2 Å².